The maximum Gasteiger partial charge on any atom is 0.255 e. The molecular weight excluding hydrogens is 636 g/mol. The first-order chi connectivity index (χ1) is 24.2. The van der Waals surface area contributed by atoms with E-state index in [0.29, 0.717) is 46.7 Å². The van der Waals surface area contributed by atoms with Crippen LogP contribution in [0, 0.1) is 0 Å². The van der Waals surface area contributed by atoms with Crippen LogP contribution < -0.4 is 21.3 Å². The minimum Gasteiger partial charge on any atom is -0.326 e. The van der Waals surface area contributed by atoms with Crippen molar-refractivity contribution < 1.29 is 19.2 Å². The van der Waals surface area contributed by atoms with E-state index in [4.69, 9.17) is 0 Å². The maximum atomic E-state index is 12.8. The molecule has 8 heteroatoms. The summed E-state index contributed by atoms with van der Waals surface area (Å²) < 4.78 is 0. The molecule has 0 bridgehead atoms. The van der Waals surface area contributed by atoms with Crippen molar-refractivity contribution in [2.45, 2.75) is 97.3 Å². The van der Waals surface area contributed by atoms with E-state index in [1.807, 2.05) is 48.5 Å². The number of amides is 4. The molecule has 0 unspecified atom stereocenters. The summed E-state index contributed by atoms with van der Waals surface area (Å²) in [6.07, 6.45) is 4.99. The maximum absolute atomic E-state index is 12.8. The number of carbonyl (C=O) groups is 4. The number of nitrogens with one attached hydrogen (secondary N) is 4. The molecule has 4 rings (SSSR count). The molecule has 0 atom stereocenters. The third-order valence-electron chi connectivity index (χ3n) is 8.64. The number of hydrogen-bond acceptors (Lipinski definition) is 4. The molecule has 4 amide bonds. The third kappa shape index (κ3) is 12.5. The Morgan fingerprint density at radius 3 is 1.08 bits per heavy atom. The van der Waals surface area contributed by atoms with E-state index in [-0.39, 0.29) is 34.5 Å². The van der Waals surface area contributed by atoms with Gasteiger partial charge in [0.2, 0.25) is 11.8 Å². The molecule has 4 aromatic rings. The monoisotopic (exact) mass is 688 g/mol. The highest BCUT2D eigenvalue weighted by Crippen LogP contribution is 2.24. The standard InChI is InChI=1S/C43H52N4O4/c1-42(2,3)32-24-20-30(21-25-32)40(50)46-36-16-12-14-34(28-36)44-38(48)18-10-8-7-9-11-19-39(49)45-35-15-13-17-37(29-35)47-41(51)31-22-26-33(27-23-31)43(4,5)6/h12-17,20-29H,7-11,18-19H2,1-6H3,(H,44,48)(H,45,49)(H,46,50)(H,47,51). The summed E-state index contributed by atoms with van der Waals surface area (Å²) in [7, 11) is 0. The molecular formula is C43H52N4O4. The Morgan fingerprint density at radius 1 is 0.431 bits per heavy atom. The Labute approximate surface area is 302 Å². The van der Waals surface area contributed by atoms with E-state index in [1.54, 1.807) is 48.5 Å². The summed E-state index contributed by atoms with van der Waals surface area (Å²) in [5.41, 5.74) is 5.97. The minimum atomic E-state index is -0.204. The van der Waals surface area contributed by atoms with Crippen molar-refractivity contribution in [3.8, 4) is 0 Å². The van der Waals surface area contributed by atoms with Crippen LogP contribution in [0.2, 0.25) is 0 Å². The smallest absolute Gasteiger partial charge is 0.255 e. The van der Waals surface area contributed by atoms with Gasteiger partial charge in [-0.15, -0.1) is 0 Å². The van der Waals surface area contributed by atoms with Gasteiger partial charge >= 0.3 is 0 Å². The average Bonchev–Trinajstić information content (AvgIpc) is 3.07. The van der Waals surface area contributed by atoms with Crippen LogP contribution in [0.3, 0.4) is 0 Å². The van der Waals surface area contributed by atoms with Crippen molar-refractivity contribution >= 4 is 46.4 Å². The van der Waals surface area contributed by atoms with Gasteiger partial charge in [-0.2, -0.15) is 0 Å². The van der Waals surface area contributed by atoms with Crippen molar-refractivity contribution in [3.05, 3.63) is 119 Å². The average molecular weight is 689 g/mol. The molecule has 0 fully saturated rings. The highest BCUT2D eigenvalue weighted by Gasteiger charge is 2.16. The lowest BCUT2D eigenvalue weighted by atomic mass is 9.86. The quantitative estimate of drug-likeness (QED) is 0.0987. The highest BCUT2D eigenvalue weighted by molar-refractivity contribution is 6.05. The van der Waals surface area contributed by atoms with Crippen LogP contribution in [0.25, 0.3) is 0 Å². The molecule has 0 aromatic heterocycles. The lowest BCUT2D eigenvalue weighted by Crippen LogP contribution is -2.15. The van der Waals surface area contributed by atoms with Crippen molar-refractivity contribution in [3.63, 3.8) is 0 Å². The topological polar surface area (TPSA) is 116 Å². The summed E-state index contributed by atoms with van der Waals surface area (Å²) in [6, 6.07) is 29.5. The second-order valence-corrected chi connectivity index (χ2v) is 15.1. The normalized spacial score (nSPS) is 11.4. The summed E-state index contributed by atoms with van der Waals surface area (Å²) in [5, 5.41) is 11.7. The number of rotatable bonds is 14. The molecule has 0 radical (unpaired) electrons. The molecule has 0 aliphatic carbocycles. The summed E-state index contributed by atoms with van der Waals surface area (Å²) in [4.78, 5) is 50.6. The van der Waals surface area contributed by atoms with Crippen molar-refractivity contribution in [2.24, 2.45) is 0 Å². The fourth-order valence-electron chi connectivity index (χ4n) is 5.55. The first-order valence-electron chi connectivity index (χ1n) is 17.8. The molecule has 0 spiro atoms. The van der Waals surface area contributed by atoms with Crippen LogP contribution in [0.5, 0.6) is 0 Å². The van der Waals surface area contributed by atoms with E-state index >= 15 is 0 Å². The number of carbonyl (C=O) groups excluding carboxylic acids is 4. The van der Waals surface area contributed by atoms with E-state index in [1.165, 1.54) is 0 Å². The molecule has 4 N–H and O–H groups in total. The van der Waals surface area contributed by atoms with E-state index in [9.17, 15) is 19.2 Å². The predicted octanol–water partition coefficient (Wildman–Crippen LogP) is 10.1. The van der Waals surface area contributed by atoms with Crippen LogP contribution in [0.1, 0.15) is 118 Å². The van der Waals surface area contributed by atoms with Crippen LogP contribution >= 0.6 is 0 Å². The molecule has 268 valence electrons. The van der Waals surface area contributed by atoms with Crippen LogP contribution in [-0.2, 0) is 20.4 Å². The minimum absolute atomic E-state index is 0.0132. The molecule has 0 saturated carbocycles. The molecule has 0 saturated heterocycles. The van der Waals surface area contributed by atoms with Crippen LogP contribution in [-0.4, -0.2) is 23.6 Å². The number of anilines is 4. The Morgan fingerprint density at radius 2 is 0.745 bits per heavy atom. The number of hydrogen-bond donors (Lipinski definition) is 4. The Hall–Kier alpha value is -5.24. The van der Waals surface area contributed by atoms with Gasteiger partial charge in [0.25, 0.3) is 11.8 Å². The van der Waals surface area contributed by atoms with Crippen molar-refractivity contribution in [2.75, 3.05) is 21.3 Å². The highest BCUT2D eigenvalue weighted by atomic mass is 16.2. The van der Waals surface area contributed by atoms with E-state index in [0.717, 1.165) is 43.2 Å². The third-order valence-corrected chi connectivity index (χ3v) is 8.64. The van der Waals surface area contributed by atoms with Gasteiger partial charge < -0.3 is 21.3 Å². The SMILES string of the molecule is CC(C)(C)c1ccc(C(=O)Nc2cccc(NC(=O)CCCCCCCC(=O)Nc3cccc(NC(=O)c4ccc(C(C)(C)C)cc4)c3)c2)cc1. The Bertz CT molecular complexity index is 1670. The fraction of sp³-hybridized carbons (Fsp3) is 0.349. The molecule has 51 heavy (non-hydrogen) atoms. The first-order valence-corrected chi connectivity index (χ1v) is 17.8. The summed E-state index contributed by atoms with van der Waals surface area (Å²) >= 11 is 0. The molecule has 8 nitrogen and oxygen atoms in total. The van der Waals surface area contributed by atoms with Gasteiger partial charge in [-0.3, -0.25) is 19.2 Å². The van der Waals surface area contributed by atoms with Crippen molar-refractivity contribution in [1.29, 1.82) is 0 Å². The zero-order chi connectivity index (χ0) is 37.0. The predicted molar refractivity (Wildman–Crippen MR) is 209 cm³/mol. The molecule has 0 aliphatic rings. The summed E-state index contributed by atoms with van der Waals surface area (Å²) in [6.45, 7) is 12.8. The largest absolute Gasteiger partial charge is 0.326 e. The first kappa shape index (κ1) is 38.6. The van der Waals surface area contributed by atoms with Gasteiger partial charge in [0.05, 0.1) is 0 Å². The van der Waals surface area contributed by atoms with Crippen LogP contribution in [0.4, 0.5) is 22.7 Å². The van der Waals surface area contributed by atoms with Gasteiger partial charge in [-0.05, 0) is 95.5 Å². The molecule has 0 heterocycles. The lowest BCUT2D eigenvalue weighted by Gasteiger charge is -2.19. The second kappa shape index (κ2) is 17.6. The van der Waals surface area contributed by atoms with Gasteiger partial charge in [0.1, 0.15) is 0 Å². The number of benzene rings is 4. The summed E-state index contributed by atoms with van der Waals surface area (Å²) in [5.74, 6) is -0.560. The van der Waals surface area contributed by atoms with Gasteiger partial charge in [0, 0.05) is 46.7 Å². The zero-order valence-corrected chi connectivity index (χ0v) is 30.8. The van der Waals surface area contributed by atoms with Gasteiger partial charge in [0.15, 0.2) is 0 Å². The Kier molecular flexibility index (Phi) is 13.3. The van der Waals surface area contributed by atoms with Crippen molar-refractivity contribution in [1.82, 2.24) is 0 Å². The van der Waals surface area contributed by atoms with E-state index in [2.05, 4.69) is 62.8 Å². The second-order valence-electron chi connectivity index (χ2n) is 15.1. The Balaban J connectivity index is 1.10. The fourth-order valence-corrected chi connectivity index (χ4v) is 5.55. The molecule has 0 aliphatic heterocycles. The number of unbranched alkanes of at least 4 members (excludes halogenated alkanes) is 4. The zero-order valence-electron chi connectivity index (χ0n) is 30.8. The van der Waals surface area contributed by atoms with Gasteiger partial charge in [-0.25, -0.2) is 0 Å². The lowest BCUT2D eigenvalue weighted by molar-refractivity contribution is -0.117. The molecule has 4 aromatic carbocycles. The van der Waals surface area contributed by atoms with E-state index < -0.39 is 0 Å². The van der Waals surface area contributed by atoms with Gasteiger partial charge in [-0.1, -0.05) is 97.2 Å². The van der Waals surface area contributed by atoms with Crippen LogP contribution in [0.15, 0.2) is 97.1 Å².